The number of carboxylic acids is 1. The summed E-state index contributed by atoms with van der Waals surface area (Å²) in [4.78, 5) is 26.9. The van der Waals surface area contributed by atoms with Crippen LogP contribution in [0.4, 0.5) is 4.79 Å². The molecule has 1 rings (SSSR count). The Morgan fingerprint density at radius 3 is 2.70 bits per heavy atom. The first-order valence-electron chi connectivity index (χ1n) is 7.10. The van der Waals surface area contributed by atoms with Gasteiger partial charge in [0.05, 0.1) is 12.0 Å². The zero-order valence-corrected chi connectivity index (χ0v) is 12.4. The highest BCUT2D eigenvalue weighted by atomic mass is 16.4. The van der Waals surface area contributed by atoms with E-state index in [2.05, 4.69) is 6.07 Å². The van der Waals surface area contributed by atoms with Crippen LogP contribution in [0.3, 0.4) is 0 Å². The van der Waals surface area contributed by atoms with Crippen LogP contribution < -0.4 is 0 Å². The maximum absolute atomic E-state index is 12.5. The molecule has 6 heteroatoms. The Labute approximate surface area is 120 Å². The minimum Gasteiger partial charge on any atom is -0.480 e. The fourth-order valence-electron chi connectivity index (χ4n) is 2.67. The van der Waals surface area contributed by atoms with Crippen LogP contribution in [0, 0.1) is 23.2 Å². The fraction of sp³-hybridized carbons (Fsp3) is 0.786. The average Bonchev–Trinajstić information content (AvgIpc) is 2.42. The van der Waals surface area contributed by atoms with E-state index in [4.69, 9.17) is 5.26 Å². The molecule has 6 nitrogen and oxygen atoms in total. The van der Waals surface area contributed by atoms with E-state index in [1.807, 2.05) is 13.8 Å². The van der Waals surface area contributed by atoms with Crippen LogP contribution >= 0.6 is 0 Å². The van der Waals surface area contributed by atoms with Gasteiger partial charge in [-0.2, -0.15) is 5.26 Å². The Morgan fingerprint density at radius 1 is 1.55 bits per heavy atom. The Morgan fingerprint density at radius 2 is 2.20 bits per heavy atom. The summed E-state index contributed by atoms with van der Waals surface area (Å²) in [6, 6.07) is 1.07. The molecule has 0 aromatic heterocycles. The number of rotatable bonds is 4. The highest BCUT2D eigenvalue weighted by Crippen LogP contribution is 2.24. The number of amides is 2. The first-order valence-corrected chi connectivity index (χ1v) is 7.10. The lowest BCUT2D eigenvalue weighted by Gasteiger charge is -2.40. The van der Waals surface area contributed by atoms with E-state index in [1.54, 1.807) is 11.8 Å². The van der Waals surface area contributed by atoms with E-state index < -0.39 is 12.0 Å². The predicted octanol–water partition coefficient (Wildman–Crippen LogP) is 1.77. The van der Waals surface area contributed by atoms with Gasteiger partial charge in [0.15, 0.2) is 0 Å². The molecule has 1 saturated heterocycles. The van der Waals surface area contributed by atoms with Crippen LogP contribution in [0.25, 0.3) is 0 Å². The van der Waals surface area contributed by atoms with Gasteiger partial charge >= 0.3 is 12.0 Å². The van der Waals surface area contributed by atoms with Gasteiger partial charge in [-0.15, -0.1) is 0 Å². The maximum Gasteiger partial charge on any atom is 0.326 e. The van der Waals surface area contributed by atoms with E-state index in [0.717, 1.165) is 12.8 Å². The minimum atomic E-state index is -0.949. The summed E-state index contributed by atoms with van der Waals surface area (Å²) < 4.78 is 0. The predicted molar refractivity (Wildman–Crippen MR) is 73.9 cm³/mol. The van der Waals surface area contributed by atoms with E-state index >= 15 is 0 Å². The molecule has 1 heterocycles. The quantitative estimate of drug-likeness (QED) is 0.851. The summed E-state index contributed by atoms with van der Waals surface area (Å²) in [6.45, 7) is 6.74. The van der Waals surface area contributed by atoms with Gasteiger partial charge in [0.2, 0.25) is 0 Å². The third-order valence-corrected chi connectivity index (χ3v) is 3.80. The molecule has 1 aliphatic heterocycles. The topological polar surface area (TPSA) is 84.6 Å². The van der Waals surface area contributed by atoms with Gasteiger partial charge in [-0.25, -0.2) is 9.59 Å². The zero-order valence-electron chi connectivity index (χ0n) is 12.4. The van der Waals surface area contributed by atoms with Crippen LogP contribution in [-0.4, -0.2) is 52.6 Å². The number of aliphatic carboxylic acids is 1. The SMILES string of the molecule is CCN(CC(C)C#N)C(=O)N1CCCC(C)C1C(=O)O. The number of carbonyl (C=O) groups is 2. The smallest absolute Gasteiger partial charge is 0.326 e. The summed E-state index contributed by atoms with van der Waals surface area (Å²) in [6.07, 6.45) is 1.64. The molecule has 0 radical (unpaired) electrons. The lowest BCUT2D eigenvalue weighted by Crippen LogP contribution is -2.56. The van der Waals surface area contributed by atoms with Crippen molar-refractivity contribution < 1.29 is 14.7 Å². The van der Waals surface area contributed by atoms with Crippen LogP contribution in [0.5, 0.6) is 0 Å². The Balaban J connectivity index is 2.86. The normalized spacial score (nSPS) is 23.8. The summed E-state index contributed by atoms with van der Waals surface area (Å²) >= 11 is 0. The molecule has 0 aromatic carbocycles. The molecule has 0 aromatic rings. The highest BCUT2D eigenvalue weighted by molar-refractivity contribution is 5.83. The summed E-state index contributed by atoms with van der Waals surface area (Å²) in [5.74, 6) is -1.25. The summed E-state index contributed by atoms with van der Waals surface area (Å²) in [5, 5.41) is 18.2. The molecule has 2 amide bonds. The number of carboxylic acid groups (broad SMARTS) is 1. The Hall–Kier alpha value is -1.77. The number of nitriles is 1. The Bertz CT molecular complexity index is 405. The molecule has 0 spiro atoms. The molecule has 1 aliphatic rings. The molecular weight excluding hydrogens is 258 g/mol. The fourth-order valence-corrected chi connectivity index (χ4v) is 2.67. The second kappa shape index (κ2) is 7.13. The minimum absolute atomic E-state index is 0.0442. The third-order valence-electron chi connectivity index (χ3n) is 3.80. The number of piperidine rings is 1. The average molecular weight is 281 g/mol. The second-order valence-corrected chi connectivity index (χ2v) is 5.45. The summed E-state index contributed by atoms with van der Waals surface area (Å²) in [7, 11) is 0. The van der Waals surface area contributed by atoms with E-state index in [0.29, 0.717) is 19.6 Å². The van der Waals surface area contributed by atoms with Gasteiger partial charge < -0.3 is 14.9 Å². The van der Waals surface area contributed by atoms with Crippen molar-refractivity contribution >= 4 is 12.0 Å². The molecule has 1 fully saturated rings. The van der Waals surface area contributed by atoms with Gasteiger partial charge in [-0.3, -0.25) is 0 Å². The van der Waals surface area contributed by atoms with Gasteiger partial charge in [-0.1, -0.05) is 6.92 Å². The van der Waals surface area contributed by atoms with Crippen molar-refractivity contribution in [1.29, 1.82) is 5.26 Å². The standard InChI is InChI=1S/C14H23N3O3/c1-4-16(9-10(2)8-15)14(20)17-7-5-6-11(3)12(17)13(18)19/h10-12H,4-7,9H2,1-3H3,(H,18,19). The molecule has 0 aliphatic carbocycles. The van der Waals surface area contributed by atoms with Crippen molar-refractivity contribution in [3.63, 3.8) is 0 Å². The first kappa shape index (κ1) is 16.3. The van der Waals surface area contributed by atoms with Gasteiger partial charge in [0.25, 0.3) is 0 Å². The molecule has 112 valence electrons. The van der Waals surface area contributed by atoms with Gasteiger partial charge in [0.1, 0.15) is 6.04 Å². The molecule has 0 saturated carbocycles. The van der Waals surface area contributed by atoms with Gasteiger partial charge in [0, 0.05) is 19.6 Å². The van der Waals surface area contributed by atoms with Crippen LogP contribution in [0.2, 0.25) is 0 Å². The lowest BCUT2D eigenvalue weighted by atomic mass is 9.91. The number of urea groups is 1. The first-order chi connectivity index (χ1) is 9.42. The van der Waals surface area contributed by atoms with E-state index in [9.17, 15) is 14.7 Å². The molecule has 3 atom stereocenters. The van der Waals surface area contributed by atoms with Crippen molar-refractivity contribution in [2.45, 2.75) is 39.7 Å². The molecule has 0 bridgehead atoms. The van der Waals surface area contributed by atoms with Crippen molar-refractivity contribution in [3.8, 4) is 6.07 Å². The van der Waals surface area contributed by atoms with Crippen molar-refractivity contribution in [2.24, 2.45) is 11.8 Å². The van der Waals surface area contributed by atoms with E-state index in [-0.39, 0.29) is 17.9 Å². The molecule has 1 N–H and O–H groups in total. The molecule has 3 unspecified atom stereocenters. The number of likely N-dealkylation sites (tertiary alicyclic amines) is 1. The van der Waals surface area contributed by atoms with Crippen molar-refractivity contribution in [2.75, 3.05) is 19.6 Å². The largest absolute Gasteiger partial charge is 0.480 e. The maximum atomic E-state index is 12.5. The monoisotopic (exact) mass is 281 g/mol. The highest BCUT2D eigenvalue weighted by Gasteiger charge is 2.38. The Kier molecular flexibility index (Phi) is 5.81. The van der Waals surface area contributed by atoms with Gasteiger partial charge in [-0.05, 0) is 32.6 Å². The number of carbonyl (C=O) groups excluding carboxylic acids is 1. The van der Waals surface area contributed by atoms with Crippen molar-refractivity contribution in [1.82, 2.24) is 9.80 Å². The van der Waals surface area contributed by atoms with Crippen LogP contribution in [-0.2, 0) is 4.79 Å². The summed E-state index contributed by atoms with van der Waals surface area (Å²) in [5.41, 5.74) is 0. The van der Waals surface area contributed by atoms with Crippen LogP contribution in [0.15, 0.2) is 0 Å². The third kappa shape index (κ3) is 3.62. The van der Waals surface area contributed by atoms with Crippen molar-refractivity contribution in [3.05, 3.63) is 0 Å². The number of hydrogen-bond acceptors (Lipinski definition) is 3. The number of hydrogen-bond donors (Lipinski definition) is 1. The lowest BCUT2D eigenvalue weighted by molar-refractivity contribution is -0.145. The zero-order chi connectivity index (χ0) is 15.3. The molecular formula is C14H23N3O3. The second-order valence-electron chi connectivity index (χ2n) is 5.45. The number of nitrogens with zero attached hydrogens (tertiary/aromatic N) is 3. The molecule has 20 heavy (non-hydrogen) atoms. The van der Waals surface area contributed by atoms with E-state index in [1.165, 1.54) is 4.90 Å². The van der Waals surface area contributed by atoms with Crippen LogP contribution in [0.1, 0.15) is 33.6 Å².